The molecule has 0 amide bonds. The Labute approximate surface area is 87.8 Å². The van der Waals surface area contributed by atoms with Crippen LogP contribution in [0.4, 0.5) is 0 Å². The van der Waals surface area contributed by atoms with Crippen LogP contribution >= 0.6 is 0 Å². The highest BCUT2D eigenvalue weighted by molar-refractivity contribution is 5.78. The Hall–Kier alpha value is -0.530. The van der Waals surface area contributed by atoms with Crippen molar-refractivity contribution < 1.29 is 30.3 Å². The molecule has 15 heavy (non-hydrogen) atoms. The molecule has 0 spiro atoms. The van der Waals surface area contributed by atoms with E-state index in [1.165, 1.54) is 0 Å². The molecule has 6 heteroatoms. The molecule has 0 bridgehead atoms. The highest BCUT2D eigenvalue weighted by Crippen LogP contribution is 2.09. The lowest BCUT2D eigenvalue weighted by molar-refractivity contribution is -0.132. The van der Waals surface area contributed by atoms with Crippen LogP contribution in [0.1, 0.15) is 19.8 Å². The first-order valence-electron chi connectivity index (χ1n) is 4.78. The molecule has 0 aliphatic heterocycles. The molecule has 90 valence electrons. The van der Waals surface area contributed by atoms with Crippen LogP contribution < -0.4 is 0 Å². The second-order valence-electron chi connectivity index (χ2n) is 3.39. The van der Waals surface area contributed by atoms with Gasteiger partial charge in [0.25, 0.3) is 0 Å². The van der Waals surface area contributed by atoms with Gasteiger partial charge in [-0.1, -0.05) is 6.92 Å². The zero-order valence-electron chi connectivity index (χ0n) is 8.58. The van der Waals surface area contributed by atoms with Crippen LogP contribution in [-0.4, -0.2) is 62.3 Å². The summed E-state index contributed by atoms with van der Waals surface area (Å²) < 4.78 is 0. The van der Waals surface area contributed by atoms with Crippen molar-refractivity contribution in [3.8, 4) is 0 Å². The smallest absolute Gasteiger partial charge is 0.135 e. The van der Waals surface area contributed by atoms with Crippen LogP contribution in [0.2, 0.25) is 0 Å². The second kappa shape index (κ2) is 6.86. The lowest BCUT2D eigenvalue weighted by atomic mass is 9.99. The normalized spacial score (nSPS) is 19.3. The molecule has 6 nitrogen and oxygen atoms in total. The third-order valence-corrected chi connectivity index (χ3v) is 2.16. The molecule has 5 N–H and O–H groups in total. The Bertz CT molecular complexity index is 195. The van der Waals surface area contributed by atoms with E-state index in [2.05, 4.69) is 0 Å². The van der Waals surface area contributed by atoms with Crippen molar-refractivity contribution in [2.45, 2.75) is 44.2 Å². The van der Waals surface area contributed by atoms with Gasteiger partial charge in [0.15, 0.2) is 0 Å². The second-order valence-corrected chi connectivity index (χ2v) is 3.39. The first kappa shape index (κ1) is 14.5. The van der Waals surface area contributed by atoms with Crippen molar-refractivity contribution in [2.75, 3.05) is 6.61 Å². The van der Waals surface area contributed by atoms with Gasteiger partial charge in [0.05, 0.1) is 12.7 Å². The van der Waals surface area contributed by atoms with E-state index >= 15 is 0 Å². The first-order valence-corrected chi connectivity index (χ1v) is 4.78. The molecule has 0 aromatic carbocycles. The Morgan fingerprint density at radius 1 is 1.07 bits per heavy atom. The summed E-state index contributed by atoms with van der Waals surface area (Å²) in [5.74, 6) is -0.257. The summed E-state index contributed by atoms with van der Waals surface area (Å²) in [6.07, 6.45) is -6.35. The topological polar surface area (TPSA) is 118 Å². The minimum absolute atomic E-state index is 0.225. The summed E-state index contributed by atoms with van der Waals surface area (Å²) >= 11 is 0. The number of carbonyl (C=O) groups excluding carboxylic acids is 1. The average Bonchev–Trinajstić information content (AvgIpc) is 2.25. The number of aliphatic hydroxyl groups excluding tert-OH is 5. The molecule has 0 unspecified atom stereocenters. The fourth-order valence-electron chi connectivity index (χ4n) is 1.06. The summed E-state index contributed by atoms with van der Waals surface area (Å²) in [4.78, 5) is 10.9. The average molecular weight is 222 g/mol. The number of Topliss-reactive ketones (excluding diaryl/α,β-unsaturated/α-hetero) is 1. The number of rotatable bonds is 7. The predicted octanol–water partition coefficient (Wildman–Crippen LogP) is -2.21. The predicted molar refractivity (Wildman–Crippen MR) is 51.0 cm³/mol. The molecule has 0 aromatic rings. The van der Waals surface area contributed by atoms with E-state index in [1.54, 1.807) is 6.92 Å². The number of aliphatic hydroxyl groups is 5. The molecule has 0 aromatic heterocycles. The van der Waals surface area contributed by atoms with Gasteiger partial charge < -0.3 is 25.5 Å². The van der Waals surface area contributed by atoms with Crippen LogP contribution in [-0.2, 0) is 4.79 Å². The number of carbonyl (C=O) groups is 1. The standard InChI is InChI=1S/C9H18O6/c1-2-5(11)3-6(12)8(14)9(15)7(13)4-10/h6-10,12-15H,2-4H2,1H3/t6-,7-,8-,9-/m1/s1. The van der Waals surface area contributed by atoms with Crippen LogP contribution in [0, 0.1) is 0 Å². The highest BCUT2D eigenvalue weighted by Gasteiger charge is 2.30. The fraction of sp³-hybridized carbons (Fsp3) is 0.889. The molecule has 0 radical (unpaired) electrons. The Morgan fingerprint density at radius 2 is 1.53 bits per heavy atom. The Kier molecular flexibility index (Phi) is 6.62. The van der Waals surface area contributed by atoms with Crippen molar-refractivity contribution in [2.24, 2.45) is 0 Å². The summed E-state index contributed by atoms with van der Waals surface area (Å²) in [5, 5.41) is 45.3. The van der Waals surface area contributed by atoms with E-state index in [4.69, 9.17) is 10.2 Å². The van der Waals surface area contributed by atoms with Crippen molar-refractivity contribution in [1.82, 2.24) is 0 Å². The molecule has 0 aliphatic rings. The minimum Gasteiger partial charge on any atom is -0.394 e. The van der Waals surface area contributed by atoms with Crippen molar-refractivity contribution in [3.05, 3.63) is 0 Å². The lowest BCUT2D eigenvalue weighted by Gasteiger charge is -2.25. The molecule has 0 saturated carbocycles. The van der Waals surface area contributed by atoms with Crippen molar-refractivity contribution >= 4 is 5.78 Å². The molecule has 0 aliphatic carbocycles. The van der Waals surface area contributed by atoms with E-state index in [9.17, 15) is 20.1 Å². The van der Waals surface area contributed by atoms with E-state index in [0.29, 0.717) is 0 Å². The monoisotopic (exact) mass is 222 g/mol. The van der Waals surface area contributed by atoms with Crippen molar-refractivity contribution in [3.63, 3.8) is 0 Å². The van der Waals surface area contributed by atoms with Crippen LogP contribution in [0.3, 0.4) is 0 Å². The van der Waals surface area contributed by atoms with E-state index in [0.717, 1.165) is 0 Å². The maximum atomic E-state index is 10.9. The third kappa shape index (κ3) is 4.67. The van der Waals surface area contributed by atoms with Gasteiger partial charge in [-0.25, -0.2) is 0 Å². The third-order valence-electron chi connectivity index (χ3n) is 2.16. The van der Waals surface area contributed by atoms with Gasteiger partial charge >= 0.3 is 0 Å². The summed E-state index contributed by atoms with van der Waals surface area (Å²) in [7, 11) is 0. The number of ketones is 1. The SMILES string of the molecule is CCC(=O)C[C@@H](O)[C@@H](O)[C@H](O)[C@H](O)CO. The van der Waals surface area contributed by atoms with Gasteiger partial charge in [0.1, 0.15) is 24.1 Å². The fourth-order valence-corrected chi connectivity index (χ4v) is 1.06. The maximum absolute atomic E-state index is 10.9. The maximum Gasteiger partial charge on any atom is 0.135 e. The molecule has 0 saturated heterocycles. The zero-order valence-corrected chi connectivity index (χ0v) is 8.58. The quantitative estimate of drug-likeness (QED) is 0.333. The Morgan fingerprint density at radius 3 is 1.93 bits per heavy atom. The van der Waals surface area contributed by atoms with Gasteiger partial charge in [-0.05, 0) is 0 Å². The molecular formula is C9H18O6. The van der Waals surface area contributed by atoms with Gasteiger partial charge in [0, 0.05) is 12.8 Å². The molecule has 0 fully saturated rings. The van der Waals surface area contributed by atoms with Gasteiger partial charge in [-0.2, -0.15) is 0 Å². The first-order chi connectivity index (χ1) is 6.93. The molecule has 4 atom stereocenters. The van der Waals surface area contributed by atoms with Crippen LogP contribution in [0.5, 0.6) is 0 Å². The zero-order chi connectivity index (χ0) is 12.0. The largest absolute Gasteiger partial charge is 0.394 e. The van der Waals surface area contributed by atoms with Gasteiger partial charge in [-0.3, -0.25) is 4.79 Å². The number of hydrogen-bond acceptors (Lipinski definition) is 6. The van der Waals surface area contributed by atoms with Crippen LogP contribution in [0.25, 0.3) is 0 Å². The molecule has 0 rings (SSSR count). The minimum atomic E-state index is -1.67. The molecular weight excluding hydrogens is 204 g/mol. The van der Waals surface area contributed by atoms with Gasteiger partial charge in [0.2, 0.25) is 0 Å². The van der Waals surface area contributed by atoms with Crippen LogP contribution in [0.15, 0.2) is 0 Å². The number of hydrogen-bond donors (Lipinski definition) is 5. The van der Waals surface area contributed by atoms with E-state index < -0.39 is 31.0 Å². The van der Waals surface area contributed by atoms with Gasteiger partial charge in [-0.15, -0.1) is 0 Å². The van der Waals surface area contributed by atoms with E-state index in [1.807, 2.05) is 0 Å². The lowest BCUT2D eigenvalue weighted by Crippen LogP contribution is -2.46. The molecule has 0 heterocycles. The van der Waals surface area contributed by atoms with Crippen molar-refractivity contribution in [1.29, 1.82) is 0 Å². The summed E-state index contributed by atoms with van der Waals surface area (Å²) in [6, 6.07) is 0. The highest BCUT2D eigenvalue weighted by atomic mass is 16.4. The van der Waals surface area contributed by atoms with E-state index in [-0.39, 0.29) is 18.6 Å². The summed E-state index contributed by atoms with van der Waals surface area (Å²) in [6.45, 7) is 0.882. The summed E-state index contributed by atoms with van der Waals surface area (Å²) in [5.41, 5.74) is 0. The Balaban J connectivity index is 4.18.